The zero-order valence-corrected chi connectivity index (χ0v) is 12.3. The van der Waals surface area contributed by atoms with Crippen molar-refractivity contribution in [3.05, 3.63) is 11.6 Å². The lowest BCUT2D eigenvalue weighted by Gasteiger charge is -2.52. The summed E-state index contributed by atoms with van der Waals surface area (Å²) in [6, 6.07) is 0. The maximum absolute atomic E-state index is 11.7. The van der Waals surface area contributed by atoms with Gasteiger partial charge in [0, 0.05) is 6.61 Å². The van der Waals surface area contributed by atoms with Gasteiger partial charge in [0.2, 0.25) is 0 Å². The van der Waals surface area contributed by atoms with Crippen LogP contribution in [0.1, 0.15) is 52.9 Å². The van der Waals surface area contributed by atoms with Crippen LogP contribution in [0, 0.1) is 22.7 Å². The lowest BCUT2D eigenvalue weighted by atomic mass is 9.52. The Labute approximate surface area is 115 Å². The molecule has 2 aliphatic carbocycles. The van der Waals surface area contributed by atoms with Crippen LogP contribution in [0.3, 0.4) is 0 Å². The number of rotatable bonds is 3. The van der Waals surface area contributed by atoms with Crippen LogP contribution in [0.4, 0.5) is 0 Å². The summed E-state index contributed by atoms with van der Waals surface area (Å²) in [7, 11) is 0. The molecule has 0 aliphatic heterocycles. The number of hydrogen-bond acceptors (Lipinski definition) is 2. The number of allylic oxidation sites excluding steroid dienone is 2. The summed E-state index contributed by atoms with van der Waals surface area (Å²) in [6.07, 6.45) is 6.62. The van der Waals surface area contributed by atoms with Crippen LogP contribution in [0.2, 0.25) is 0 Å². The second kappa shape index (κ2) is 4.93. The van der Waals surface area contributed by atoms with E-state index in [0.29, 0.717) is 5.92 Å². The van der Waals surface area contributed by atoms with Gasteiger partial charge >= 0.3 is 5.97 Å². The Morgan fingerprint density at radius 2 is 2.11 bits per heavy atom. The summed E-state index contributed by atoms with van der Waals surface area (Å²) in [4.78, 5) is 11.7. The second-order valence-electron chi connectivity index (χ2n) is 6.84. The van der Waals surface area contributed by atoms with Crippen LogP contribution in [0.25, 0.3) is 0 Å². The highest BCUT2D eigenvalue weighted by atomic mass is 16.4. The molecule has 2 aliphatic rings. The first-order chi connectivity index (χ1) is 8.86. The third-order valence-electron chi connectivity index (χ3n) is 5.93. The van der Waals surface area contributed by atoms with E-state index in [1.807, 2.05) is 6.92 Å². The van der Waals surface area contributed by atoms with Crippen molar-refractivity contribution in [1.82, 2.24) is 0 Å². The first kappa shape index (κ1) is 14.6. The topological polar surface area (TPSA) is 57.5 Å². The van der Waals surface area contributed by atoms with Crippen molar-refractivity contribution in [2.24, 2.45) is 22.7 Å². The molecule has 3 heteroatoms. The molecule has 0 aromatic rings. The molecule has 0 bridgehead atoms. The van der Waals surface area contributed by atoms with Crippen LogP contribution in [0.5, 0.6) is 0 Å². The normalized spacial score (nSPS) is 42.4. The van der Waals surface area contributed by atoms with E-state index in [9.17, 15) is 15.0 Å². The maximum Gasteiger partial charge on any atom is 0.309 e. The van der Waals surface area contributed by atoms with Gasteiger partial charge in [-0.2, -0.15) is 0 Å². The fourth-order valence-corrected chi connectivity index (χ4v) is 4.19. The number of carboxylic acid groups (broad SMARTS) is 1. The van der Waals surface area contributed by atoms with E-state index < -0.39 is 11.4 Å². The molecule has 0 unspecified atom stereocenters. The van der Waals surface area contributed by atoms with Gasteiger partial charge in [-0.05, 0) is 56.3 Å². The molecule has 3 nitrogen and oxygen atoms in total. The number of fused-ring (bicyclic) bond motifs is 1. The molecule has 19 heavy (non-hydrogen) atoms. The zero-order chi connectivity index (χ0) is 14.3. The van der Waals surface area contributed by atoms with Gasteiger partial charge in [0.15, 0.2) is 0 Å². The van der Waals surface area contributed by atoms with Crippen molar-refractivity contribution in [2.45, 2.75) is 52.9 Å². The molecule has 0 spiro atoms. The first-order valence-corrected chi connectivity index (χ1v) is 7.41. The summed E-state index contributed by atoms with van der Waals surface area (Å²) >= 11 is 0. The molecule has 1 saturated carbocycles. The highest BCUT2D eigenvalue weighted by Gasteiger charge is 2.52. The van der Waals surface area contributed by atoms with Gasteiger partial charge in [-0.15, -0.1) is 0 Å². The van der Waals surface area contributed by atoms with Crippen molar-refractivity contribution in [3.8, 4) is 0 Å². The predicted molar refractivity (Wildman–Crippen MR) is 74.8 cm³/mol. The van der Waals surface area contributed by atoms with E-state index in [1.165, 1.54) is 5.57 Å². The molecule has 0 radical (unpaired) electrons. The van der Waals surface area contributed by atoms with E-state index in [2.05, 4.69) is 19.9 Å². The largest absolute Gasteiger partial charge is 0.481 e. The van der Waals surface area contributed by atoms with Gasteiger partial charge in [-0.3, -0.25) is 4.79 Å². The summed E-state index contributed by atoms with van der Waals surface area (Å²) in [6.45, 7) is 6.52. The SMILES string of the molecule is C[C@@H]1CC[C@@H]2C(=CCC[C@]2(C)C(=O)O)[C@@]1(C)CCO. The third-order valence-corrected chi connectivity index (χ3v) is 5.93. The van der Waals surface area contributed by atoms with Gasteiger partial charge in [0.05, 0.1) is 5.41 Å². The Bertz CT molecular complexity index is 401. The van der Waals surface area contributed by atoms with Gasteiger partial charge in [0.1, 0.15) is 0 Å². The zero-order valence-electron chi connectivity index (χ0n) is 12.3. The van der Waals surface area contributed by atoms with E-state index in [1.54, 1.807) is 0 Å². The smallest absolute Gasteiger partial charge is 0.309 e. The molecular weight excluding hydrogens is 240 g/mol. The molecule has 2 rings (SSSR count). The predicted octanol–water partition coefficient (Wildman–Crippen LogP) is 3.23. The summed E-state index contributed by atoms with van der Waals surface area (Å²) < 4.78 is 0. The Kier molecular flexibility index (Phi) is 3.78. The molecule has 2 N–H and O–H groups in total. The molecule has 4 atom stereocenters. The third kappa shape index (κ3) is 2.12. The van der Waals surface area contributed by atoms with E-state index >= 15 is 0 Å². The number of aliphatic hydroxyl groups excluding tert-OH is 1. The number of carbonyl (C=O) groups is 1. The second-order valence-corrected chi connectivity index (χ2v) is 6.84. The summed E-state index contributed by atoms with van der Waals surface area (Å²) in [5.74, 6) is -0.00574. The van der Waals surface area contributed by atoms with Crippen LogP contribution in [0.15, 0.2) is 11.6 Å². The minimum absolute atomic E-state index is 0.0329. The number of hydrogen-bond donors (Lipinski definition) is 2. The van der Waals surface area contributed by atoms with Crippen molar-refractivity contribution in [2.75, 3.05) is 6.61 Å². The van der Waals surface area contributed by atoms with Crippen LogP contribution in [-0.2, 0) is 4.79 Å². The standard InChI is InChI=1S/C16H26O3/c1-11-6-7-13-12(15(11,2)9-10-17)5-4-8-16(13,3)14(18)19/h5,11,13,17H,4,6-10H2,1-3H3,(H,18,19)/t11-,13-,15+,16+/m1/s1. The van der Waals surface area contributed by atoms with Crippen molar-refractivity contribution < 1.29 is 15.0 Å². The van der Waals surface area contributed by atoms with Crippen LogP contribution < -0.4 is 0 Å². The number of aliphatic carboxylic acids is 1. The lowest BCUT2D eigenvalue weighted by molar-refractivity contribution is -0.152. The molecule has 0 amide bonds. The quantitative estimate of drug-likeness (QED) is 0.771. The molecule has 0 saturated heterocycles. The highest BCUT2D eigenvalue weighted by Crippen LogP contribution is 2.57. The Balaban J connectivity index is 2.41. The van der Waals surface area contributed by atoms with Gasteiger partial charge in [-0.1, -0.05) is 25.5 Å². The van der Waals surface area contributed by atoms with Crippen molar-refractivity contribution in [3.63, 3.8) is 0 Å². The molecule has 0 aromatic heterocycles. The summed E-state index contributed by atoms with van der Waals surface area (Å²) in [5.41, 5.74) is 0.645. The van der Waals surface area contributed by atoms with Crippen LogP contribution in [-0.4, -0.2) is 22.8 Å². The van der Waals surface area contributed by atoms with E-state index in [0.717, 1.165) is 32.1 Å². The molecule has 108 valence electrons. The van der Waals surface area contributed by atoms with Gasteiger partial charge in [-0.25, -0.2) is 0 Å². The van der Waals surface area contributed by atoms with Crippen LogP contribution >= 0.6 is 0 Å². The minimum Gasteiger partial charge on any atom is -0.481 e. The fourth-order valence-electron chi connectivity index (χ4n) is 4.19. The Morgan fingerprint density at radius 1 is 1.42 bits per heavy atom. The fraction of sp³-hybridized carbons (Fsp3) is 0.812. The molecule has 1 fully saturated rings. The van der Waals surface area contributed by atoms with Crippen molar-refractivity contribution in [1.29, 1.82) is 0 Å². The first-order valence-electron chi connectivity index (χ1n) is 7.41. The highest BCUT2D eigenvalue weighted by molar-refractivity contribution is 5.75. The molecular formula is C16H26O3. The Morgan fingerprint density at radius 3 is 2.68 bits per heavy atom. The maximum atomic E-state index is 11.7. The molecule has 0 aromatic carbocycles. The Hall–Kier alpha value is -0.830. The average Bonchev–Trinajstić information content (AvgIpc) is 2.35. The van der Waals surface area contributed by atoms with Gasteiger partial charge < -0.3 is 10.2 Å². The lowest BCUT2D eigenvalue weighted by Crippen LogP contribution is -2.47. The van der Waals surface area contributed by atoms with E-state index in [4.69, 9.17) is 0 Å². The molecule has 0 heterocycles. The monoisotopic (exact) mass is 266 g/mol. The summed E-state index contributed by atoms with van der Waals surface area (Å²) in [5, 5.41) is 19.0. The van der Waals surface area contributed by atoms with Gasteiger partial charge in [0.25, 0.3) is 0 Å². The van der Waals surface area contributed by atoms with E-state index in [-0.39, 0.29) is 17.9 Å². The minimum atomic E-state index is -0.663. The number of aliphatic hydroxyl groups is 1. The average molecular weight is 266 g/mol. The number of carboxylic acids is 1. The van der Waals surface area contributed by atoms with Crippen molar-refractivity contribution >= 4 is 5.97 Å².